The fraction of sp³-hybridized carbons (Fsp3) is 0.303. The molecule has 49 heavy (non-hydrogen) atoms. The molecule has 1 atom stereocenters. The predicted octanol–water partition coefficient (Wildman–Crippen LogP) is 6.82. The number of hydrogen-bond donors (Lipinski definition) is 2. The van der Waals surface area contributed by atoms with Crippen LogP contribution in [0.4, 0.5) is 17.6 Å². The lowest BCUT2D eigenvalue weighted by atomic mass is 9.88. The smallest absolute Gasteiger partial charge is 0.444 e. The molecule has 2 aliphatic heterocycles. The summed E-state index contributed by atoms with van der Waals surface area (Å²) in [6.07, 6.45) is 1.99. The Morgan fingerprint density at radius 3 is 2.61 bits per heavy atom. The minimum absolute atomic E-state index is 0.116. The molecule has 252 valence electrons. The lowest BCUT2D eigenvalue weighted by Gasteiger charge is -2.32. The van der Waals surface area contributed by atoms with Crippen LogP contribution in [-0.2, 0) is 25.1 Å². The van der Waals surface area contributed by atoms with Gasteiger partial charge in [-0.3, -0.25) is 15.1 Å². The maximum absolute atomic E-state index is 14.9. The van der Waals surface area contributed by atoms with Crippen molar-refractivity contribution in [3.63, 3.8) is 0 Å². The zero-order valence-corrected chi connectivity index (χ0v) is 26.7. The summed E-state index contributed by atoms with van der Waals surface area (Å²) in [7, 11) is 0. The second kappa shape index (κ2) is 11.8. The Hall–Kier alpha value is -5.02. The van der Waals surface area contributed by atoms with Crippen LogP contribution in [0.25, 0.3) is 22.6 Å². The van der Waals surface area contributed by atoms with Gasteiger partial charge >= 0.3 is 6.18 Å². The van der Waals surface area contributed by atoms with E-state index in [9.17, 15) is 17.6 Å². The topological polar surface area (TPSA) is 123 Å². The molecule has 0 spiro atoms. The molecule has 6 aromatic rings. The Labute approximate surface area is 281 Å². The summed E-state index contributed by atoms with van der Waals surface area (Å²) in [6.45, 7) is 4.21. The van der Waals surface area contributed by atoms with Gasteiger partial charge in [0.1, 0.15) is 17.2 Å². The second-order valence-electron chi connectivity index (χ2n) is 12.3. The standard InChI is InChI=1S/C33H28ClF4N9O2/c1-32(23-6-5-21(34)12-24(23)35)48-26-4-2-3-22(28(26)49-32)19-7-9-46(10-8-19)17-27-42-25-11-20(29-43-31(45-44-29)33(36,37)38)15-39-30(25)47(27)16-18-13-40-41-14-18/h2-6,11-15,19H,7-10,16-17H2,1H3,(H,40,41)(H,43,44,45). The maximum atomic E-state index is 14.9. The molecule has 6 heterocycles. The zero-order valence-electron chi connectivity index (χ0n) is 25.9. The minimum Gasteiger partial charge on any atom is -0.444 e. The first kappa shape index (κ1) is 31.3. The lowest BCUT2D eigenvalue weighted by Crippen LogP contribution is -2.34. The summed E-state index contributed by atoms with van der Waals surface area (Å²) in [6, 6.07) is 11.9. The number of piperidine rings is 1. The summed E-state index contributed by atoms with van der Waals surface area (Å²) in [4.78, 5) is 15.4. The fourth-order valence-corrected chi connectivity index (χ4v) is 6.73. The van der Waals surface area contributed by atoms with Crippen molar-refractivity contribution in [2.75, 3.05) is 13.1 Å². The average Bonchev–Trinajstić information content (AvgIpc) is 3.88. The van der Waals surface area contributed by atoms with Crippen molar-refractivity contribution in [3.8, 4) is 22.9 Å². The minimum atomic E-state index is -4.64. The Balaban J connectivity index is 1.01. The Bertz CT molecular complexity index is 2160. The van der Waals surface area contributed by atoms with Crippen LogP contribution in [0.3, 0.4) is 0 Å². The number of nitrogens with zero attached hydrogens (tertiary/aromatic N) is 7. The summed E-state index contributed by atoms with van der Waals surface area (Å²) in [5, 5.41) is 12.9. The monoisotopic (exact) mass is 693 g/mol. The number of fused-ring (bicyclic) bond motifs is 2. The van der Waals surface area contributed by atoms with Crippen molar-refractivity contribution in [2.45, 2.75) is 50.7 Å². The summed E-state index contributed by atoms with van der Waals surface area (Å²) < 4.78 is 68.8. The number of H-pyrrole nitrogens is 2. The number of pyridine rings is 1. The first-order chi connectivity index (χ1) is 23.5. The number of likely N-dealkylation sites (tertiary alicyclic amines) is 1. The number of alkyl halides is 3. The van der Waals surface area contributed by atoms with Gasteiger partial charge in [-0.25, -0.2) is 19.3 Å². The van der Waals surface area contributed by atoms with Gasteiger partial charge in [0.25, 0.3) is 5.79 Å². The molecule has 0 aliphatic carbocycles. The number of ether oxygens (including phenoxy) is 2. The van der Waals surface area contributed by atoms with Crippen LogP contribution in [0.5, 0.6) is 11.5 Å². The molecule has 11 nitrogen and oxygen atoms in total. The number of halogens is 5. The van der Waals surface area contributed by atoms with E-state index in [1.807, 2.05) is 27.9 Å². The van der Waals surface area contributed by atoms with Crippen molar-refractivity contribution in [2.24, 2.45) is 0 Å². The van der Waals surface area contributed by atoms with E-state index >= 15 is 0 Å². The fourth-order valence-electron chi connectivity index (χ4n) is 6.57. The highest BCUT2D eigenvalue weighted by molar-refractivity contribution is 6.30. The van der Waals surface area contributed by atoms with Crippen LogP contribution in [0.15, 0.2) is 61.1 Å². The molecular formula is C33H28ClF4N9O2. The molecule has 0 radical (unpaired) electrons. The van der Waals surface area contributed by atoms with E-state index in [1.165, 1.54) is 12.3 Å². The largest absolute Gasteiger partial charge is 0.451 e. The number of imidazole rings is 1. The Morgan fingerprint density at radius 2 is 1.88 bits per heavy atom. The third-order valence-corrected chi connectivity index (χ3v) is 9.23. The van der Waals surface area contributed by atoms with E-state index in [2.05, 4.69) is 30.2 Å². The molecule has 8 rings (SSSR count). The molecule has 2 aliphatic rings. The second-order valence-corrected chi connectivity index (χ2v) is 12.7. The predicted molar refractivity (Wildman–Crippen MR) is 169 cm³/mol. The van der Waals surface area contributed by atoms with E-state index in [0.29, 0.717) is 46.3 Å². The lowest BCUT2D eigenvalue weighted by molar-refractivity contribution is -0.144. The third kappa shape index (κ3) is 5.86. The van der Waals surface area contributed by atoms with Crippen molar-refractivity contribution < 1.29 is 27.0 Å². The van der Waals surface area contributed by atoms with Gasteiger partial charge in [0.2, 0.25) is 5.82 Å². The van der Waals surface area contributed by atoms with E-state index in [4.69, 9.17) is 26.1 Å². The molecule has 1 unspecified atom stereocenters. The van der Waals surface area contributed by atoms with Gasteiger partial charge < -0.3 is 14.0 Å². The van der Waals surface area contributed by atoms with Gasteiger partial charge in [-0.1, -0.05) is 23.7 Å². The SMILES string of the molecule is CC1(c2ccc(Cl)cc2F)Oc2cccc(C3CCN(Cc4nc5cc(-c6n[nH]c(C(F)(F)F)n6)cnc5n4Cc4cn[nH]c4)CC3)c2O1. The summed E-state index contributed by atoms with van der Waals surface area (Å²) in [5.41, 5.74) is 3.61. The molecular weight excluding hydrogens is 666 g/mol. The van der Waals surface area contributed by atoms with Crippen LogP contribution < -0.4 is 9.47 Å². The number of aromatic nitrogens is 8. The van der Waals surface area contributed by atoms with E-state index in [-0.39, 0.29) is 17.3 Å². The highest BCUT2D eigenvalue weighted by Crippen LogP contribution is 2.50. The molecule has 0 saturated carbocycles. The zero-order chi connectivity index (χ0) is 33.9. The number of para-hydroxylation sites is 1. The Kier molecular flexibility index (Phi) is 7.55. The van der Waals surface area contributed by atoms with Crippen LogP contribution in [0.1, 0.15) is 54.0 Å². The molecule has 16 heteroatoms. The van der Waals surface area contributed by atoms with Crippen LogP contribution in [0.2, 0.25) is 5.02 Å². The number of benzene rings is 2. The molecule has 0 bridgehead atoms. The maximum Gasteiger partial charge on any atom is 0.451 e. The summed E-state index contributed by atoms with van der Waals surface area (Å²) in [5.74, 6) is -1.00. The van der Waals surface area contributed by atoms with Gasteiger partial charge in [-0.15, -0.1) is 0 Å². The normalized spacial score (nSPS) is 18.5. The Morgan fingerprint density at radius 1 is 1.04 bits per heavy atom. The third-order valence-electron chi connectivity index (χ3n) is 9.00. The van der Waals surface area contributed by atoms with Gasteiger partial charge in [-0.05, 0) is 62.2 Å². The number of hydrogen-bond acceptors (Lipinski definition) is 8. The first-order valence-corrected chi connectivity index (χ1v) is 15.9. The highest BCUT2D eigenvalue weighted by atomic mass is 35.5. The van der Waals surface area contributed by atoms with E-state index in [1.54, 1.807) is 37.5 Å². The number of rotatable bonds is 7. The molecule has 1 fully saturated rings. The number of nitrogens with one attached hydrogen (secondary N) is 2. The van der Waals surface area contributed by atoms with Crippen LogP contribution >= 0.6 is 11.6 Å². The molecule has 0 amide bonds. The van der Waals surface area contributed by atoms with E-state index < -0.39 is 23.6 Å². The molecule has 1 saturated heterocycles. The van der Waals surface area contributed by atoms with Gasteiger partial charge in [0, 0.05) is 41.0 Å². The van der Waals surface area contributed by atoms with Gasteiger partial charge in [0.15, 0.2) is 23.0 Å². The van der Waals surface area contributed by atoms with Crippen LogP contribution in [-0.4, -0.2) is 57.9 Å². The quantitative estimate of drug-likeness (QED) is 0.175. The van der Waals surface area contributed by atoms with Crippen molar-refractivity contribution in [1.29, 1.82) is 0 Å². The molecule has 2 N–H and O–H groups in total. The summed E-state index contributed by atoms with van der Waals surface area (Å²) >= 11 is 5.98. The highest BCUT2D eigenvalue weighted by Gasteiger charge is 2.43. The van der Waals surface area contributed by atoms with Crippen molar-refractivity contribution in [1.82, 2.24) is 44.8 Å². The number of aromatic amines is 2. The van der Waals surface area contributed by atoms with Gasteiger partial charge in [-0.2, -0.15) is 23.4 Å². The molecule has 4 aromatic heterocycles. The van der Waals surface area contributed by atoms with Gasteiger partial charge in [0.05, 0.1) is 24.8 Å². The van der Waals surface area contributed by atoms with Crippen LogP contribution in [0, 0.1) is 5.82 Å². The average molecular weight is 694 g/mol. The van der Waals surface area contributed by atoms with Crippen molar-refractivity contribution in [3.05, 3.63) is 100 Å². The van der Waals surface area contributed by atoms with Crippen molar-refractivity contribution >= 4 is 22.8 Å². The molecule has 2 aromatic carbocycles. The first-order valence-electron chi connectivity index (χ1n) is 15.6. The van der Waals surface area contributed by atoms with E-state index in [0.717, 1.165) is 42.9 Å².